The maximum Gasteiger partial charge on any atom is 0.226 e. The van der Waals surface area contributed by atoms with Crippen LogP contribution in [-0.4, -0.2) is 47.6 Å². The lowest BCUT2D eigenvalue weighted by Gasteiger charge is -2.35. The van der Waals surface area contributed by atoms with Crippen molar-refractivity contribution in [3.63, 3.8) is 0 Å². The molecule has 2 aromatic heterocycles. The molecule has 2 N–H and O–H groups in total. The Morgan fingerprint density at radius 1 is 1.43 bits per heavy atom. The molecule has 21 heavy (non-hydrogen) atoms. The molecular formula is C15H23N5S. The number of nitrogens with one attached hydrogen (secondary N) is 2. The monoisotopic (exact) mass is 305 g/mol. The highest BCUT2D eigenvalue weighted by molar-refractivity contribution is 7.16. The summed E-state index contributed by atoms with van der Waals surface area (Å²) in [5.74, 6) is 2.31. The van der Waals surface area contributed by atoms with Gasteiger partial charge in [-0.2, -0.15) is 4.98 Å². The minimum Gasteiger partial charge on any atom is -0.366 e. The molecular weight excluding hydrogens is 282 g/mol. The van der Waals surface area contributed by atoms with Crippen molar-refractivity contribution in [2.45, 2.75) is 26.3 Å². The van der Waals surface area contributed by atoms with E-state index in [2.05, 4.69) is 57.8 Å². The molecule has 5 nitrogen and oxygen atoms in total. The largest absolute Gasteiger partial charge is 0.366 e. The second kappa shape index (κ2) is 6.15. The van der Waals surface area contributed by atoms with E-state index in [-0.39, 0.29) is 0 Å². The standard InChI is InChI=1S/C15H23N5S/c1-4-16-15-18-13(11-6-8-21-14(11)19-15)17-12-5-7-20(3)9-10(12)2/h6,8,10,12H,4-5,7,9H2,1-3H3,(H2,16,17,18,19). The summed E-state index contributed by atoms with van der Waals surface area (Å²) in [7, 11) is 2.19. The van der Waals surface area contributed by atoms with E-state index in [0.717, 1.165) is 48.0 Å². The van der Waals surface area contributed by atoms with Gasteiger partial charge < -0.3 is 15.5 Å². The summed E-state index contributed by atoms with van der Waals surface area (Å²) in [5, 5.41) is 10.1. The molecule has 0 amide bonds. The number of fused-ring (bicyclic) bond motifs is 1. The molecule has 0 aliphatic carbocycles. The van der Waals surface area contributed by atoms with Gasteiger partial charge in [0, 0.05) is 19.1 Å². The summed E-state index contributed by atoms with van der Waals surface area (Å²) in [5.41, 5.74) is 0. The van der Waals surface area contributed by atoms with Gasteiger partial charge in [-0.1, -0.05) is 6.92 Å². The zero-order valence-corrected chi connectivity index (χ0v) is 13.7. The van der Waals surface area contributed by atoms with Crippen molar-refractivity contribution >= 4 is 33.3 Å². The number of piperidine rings is 1. The van der Waals surface area contributed by atoms with Crippen molar-refractivity contribution in [1.29, 1.82) is 0 Å². The molecule has 0 saturated carbocycles. The number of hydrogen-bond acceptors (Lipinski definition) is 6. The predicted molar refractivity (Wildman–Crippen MR) is 90.3 cm³/mol. The summed E-state index contributed by atoms with van der Waals surface area (Å²) in [6.07, 6.45) is 1.16. The van der Waals surface area contributed by atoms with Crippen molar-refractivity contribution in [3.05, 3.63) is 11.4 Å². The first-order chi connectivity index (χ1) is 10.2. The van der Waals surface area contributed by atoms with Gasteiger partial charge >= 0.3 is 0 Å². The fraction of sp³-hybridized carbons (Fsp3) is 0.600. The zero-order chi connectivity index (χ0) is 14.8. The molecule has 0 radical (unpaired) electrons. The molecule has 1 aliphatic rings. The Balaban J connectivity index is 1.86. The molecule has 2 atom stereocenters. The Morgan fingerprint density at radius 3 is 3.05 bits per heavy atom. The molecule has 1 fully saturated rings. The van der Waals surface area contributed by atoms with Crippen LogP contribution in [0.1, 0.15) is 20.3 Å². The Labute approximate surface area is 129 Å². The van der Waals surface area contributed by atoms with Crippen LogP contribution in [0.4, 0.5) is 11.8 Å². The van der Waals surface area contributed by atoms with E-state index in [4.69, 9.17) is 0 Å². The van der Waals surface area contributed by atoms with Crippen molar-refractivity contribution in [3.8, 4) is 0 Å². The summed E-state index contributed by atoms with van der Waals surface area (Å²) in [6.45, 7) is 7.48. The number of rotatable bonds is 4. The third-order valence-electron chi connectivity index (χ3n) is 4.09. The lowest BCUT2D eigenvalue weighted by Crippen LogP contribution is -2.43. The van der Waals surface area contributed by atoms with Crippen LogP contribution >= 0.6 is 11.3 Å². The number of likely N-dealkylation sites (tertiary alicyclic amines) is 1. The third kappa shape index (κ3) is 3.11. The van der Waals surface area contributed by atoms with Gasteiger partial charge in [0.1, 0.15) is 10.6 Å². The van der Waals surface area contributed by atoms with Crippen LogP contribution in [0.15, 0.2) is 11.4 Å². The van der Waals surface area contributed by atoms with Gasteiger partial charge in [-0.25, -0.2) is 4.98 Å². The minimum atomic E-state index is 0.480. The molecule has 1 saturated heterocycles. The SMILES string of the molecule is CCNc1nc(NC2CCN(C)CC2C)c2ccsc2n1. The van der Waals surface area contributed by atoms with Gasteiger partial charge in [0.25, 0.3) is 0 Å². The van der Waals surface area contributed by atoms with Crippen LogP contribution in [0.3, 0.4) is 0 Å². The van der Waals surface area contributed by atoms with Crippen LogP contribution in [0.25, 0.3) is 10.2 Å². The van der Waals surface area contributed by atoms with Gasteiger partial charge in [-0.15, -0.1) is 11.3 Å². The smallest absolute Gasteiger partial charge is 0.226 e. The highest BCUT2D eigenvalue weighted by atomic mass is 32.1. The molecule has 0 aromatic carbocycles. The van der Waals surface area contributed by atoms with Crippen molar-refractivity contribution in [2.24, 2.45) is 5.92 Å². The minimum absolute atomic E-state index is 0.480. The number of nitrogens with zero attached hydrogens (tertiary/aromatic N) is 3. The molecule has 2 unspecified atom stereocenters. The molecule has 2 aromatic rings. The molecule has 0 spiro atoms. The van der Waals surface area contributed by atoms with Gasteiger partial charge in [0.2, 0.25) is 5.95 Å². The predicted octanol–water partition coefficient (Wildman–Crippen LogP) is 2.88. The van der Waals surface area contributed by atoms with Crippen molar-refractivity contribution in [1.82, 2.24) is 14.9 Å². The van der Waals surface area contributed by atoms with Gasteiger partial charge in [0.05, 0.1) is 5.39 Å². The normalized spacial score (nSPS) is 23.4. The first kappa shape index (κ1) is 14.5. The highest BCUT2D eigenvalue weighted by Gasteiger charge is 2.25. The Morgan fingerprint density at radius 2 is 2.29 bits per heavy atom. The Kier molecular flexibility index (Phi) is 4.26. The molecule has 6 heteroatoms. The van der Waals surface area contributed by atoms with Crippen LogP contribution in [0, 0.1) is 5.92 Å². The summed E-state index contributed by atoms with van der Waals surface area (Å²) in [4.78, 5) is 12.7. The van der Waals surface area contributed by atoms with Crippen molar-refractivity contribution < 1.29 is 0 Å². The fourth-order valence-electron chi connectivity index (χ4n) is 2.95. The highest BCUT2D eigenvalue weighted by Crippen LogP contribution is 2.29. The second-order valence-corrected chi connectivity index (χ2v) is 6.74. The number of hydrogen-bond donors (Lipinski definition) is 2. The molecule has 3 heterocycles. The molecule has 114 valence electrons. The van der Waals surface area contributed by atoms with E-state index >= 15 is 0 Å². The molecule has 1 aliphatic heterocycles. The van der Waals surface area contributed by atoms with E-state index in [9.17, 15) is 0 Å². The molecule has 0 bridgehead atoms. The number of thiophene rings is 1. The third-order valence-corrected chi connectivity index (χ3v) is 4.90. The van der Waals surface area contributed by atoms with Crippen LogP contribution in [0.5, 0.6) is 0 Å². The first-order valence-electron chi connectivity index (χ1n) is 7.61. The zero-order valence-electron chi connectivity index (χ0n) is 12.9. The second-order valence-electron chi connectivity index (χ2n) is 5.84. The van der Waals surface area contributed by atoms with Crippen molar-refractivity contribution in [2.75, 3.05) is 37.3 Å². The average Bonchev–Trinajstić information content (AvgIpc) is 2.91. The lowest BCUT2D eigenvalue weighted by molar-refractivity contribution is 0.206. The van der Waals surface area contributed by atoms with E-state index in [1.54, 1.807) is 11.3 Å². The average molecular weight is 305 g/mol. The lowest BCUT2D eigenvalue weighted by atomic mass is 9.94. The first-order valence-corrected chi connectivity index (χ1v) is 8.49. The van der Waals surface area contributed by atoms with Gasteiger partial charge in [-0.3, -0.25) is 0 Å². The fourth-order valence-corrected chi connectivity index (χ4v) is 3.71. The Hall–Kier alpha value is -1.40. The maximum absolute atomic E-state index is 4.67. The topological polar surface area (TPSA) is 53.1 Å². The van der Waals surface area contributed by atoms with Gasteiger partial charge in [0.15, 0.2) is 0 Å². The van der Waals surface area contributed by atoms with Crippen LogP contribution in [-0.2, 0) is 0 Å². The summed E-state index contributed by atoms with van der Waals surface area (Å²) < 4.78 is 0. The van der Waals surface area contributed by atoms with E-state index in [1.165, 1.54) is 0 Å². The van der Waals surface area contributed by atoms with Crippen LogP contribution in [0.2, 0.25) is 0 Å². The van der Waals surface area contributed by atoms with E-state index in [0.29, 0.717) is 12.0 Å². The quantitative estimate of drug-likeness (QED) is 0.909. The van der Waals surface area contributed by atoms with Gasteiger partial charge in [-0.05, 0) is 44.3 Å². The Bertz CT molecular complexity index is 611. The summed E-state index contributed by atoms with van der Waals surface area (Å²) in [6, 6.07) is 2.59. The maximum atomic E-state index is 4.67. The number of aromatic nitrogens is 2. The molecule has 3 rings (SSSR count). The van der Waals surface area contributed by atoms with E-state index in [1.807, 2.05) is 0 Å². The number of anilines is 2. The summed E-state index contributed by atoms with van der Waals surface area (Å²) >= 11 is 1.67. The van der Waals surface area contributed by atoms with Crippen LogP contribution < -0.4 is 10.6 Å². The van der Waals surface area contributed by atoms with E-state index < -0.39 is 0 Å².